The van der Waals surface area contributed by atoms with E-state index < -0.39 is 0 Å². The van der Waals surface area contributed by atoms with Crippen molar-refractivity contribution < 1.29 is 5.11 Å². The maximum Gasteiger partial charge on any atom is 0.195 e. The van der Waals surface area contributed by atoms with Crippen LogP contribution in [0.2, 0.25) is 5.15 Å². The molecule has 0 radical (unpaired) electrons. The maximum absolute atomic E-state index is 10.5. The minimum absolute atomic E-state index is 0.320. The fourth-order valence-corrected chi connectivity index (χ4v) is 5.10. The summed E-state index contributed by atoms with van der Waals surface area (Å²) in [4.78, 5) is 8.84. The van der Waals surface area contributed by atoms with E-state index in [4.69, 9.17) is 11.6 Å². The second-order valence-corrected chi connectivity index (χ2v) is 8.19. The lowest BCUT2D eigenvalue weighted by molar-refractivity contribution is 0.0587. The topological polar surface area (TPSA) is 40.8 Å². The van der Waals surface area contributed by atoms with E-state index in [2.05, 4.69) is 14.3 Å². The average molecular weight is 368 g/mol. The molecule has 0 unspecified atom stereocenters. The third-order valence-corrected chi connectivity index (χ3v) is 6.60. The highest BCUT2D eigenvalue weighted by Gasteiger charge is 2.27. The number of imidazole rings is 1. The Morgan fingerprint density at radius 3 is 2.87 bits per heavy atom. The van der Waals surface area contributed by atoms with E-state index in [-0.39, 0.29) is 6.10 Å². The lowest BCUT2D eigenvalue weighted by Crippen LogP contribution is -2.35. The zero-order valence-corrected chi connectivity index (χ0v) is 14.9. The number of hydrogen-bond acceptors (Lipinski definition) is 5. The van der Waals surface area contributed by atoms with Crippen molar-refractivity contribution in [1.29, 1.82) is 0 Å². The molecule has 4 rings (SSSR count). The highest BCUT2D eigenvalue weighted by Crippen LogP contribution is 2.33. The fraction of sp³-hybridized carbons (Fsp3) is 0.438. The monoisotopic (exact) mass is 367 g/mol. The van der Waals surface area contributed by atoms with Crippen LogP contribution in [-0.4, -0.2) is 32.5 Å². The summed E-state index contributed by atoms with van der Waals surface area (Å²) in [7, 11) is 0. The van der Waals surface area contributed by atoms with E-state index in [1.54, 1.807) is 22.7 Å². The number of thiazole rings is 1. The van der Waals surface area contributed by atoms with Gasteiger partial charge in [-0.25, -0.2) is 4.98 Å². The van der Waals surface area contributed by atoms with Gasteiger partial charge in [0, 0.05) is 23.0 Å². The van der Waals surface area contributed by atoms with Crippen LogP contribution in [0.5, 0.6) is 0 Å². The first-order valence-electron chi connectivity index (χ1n) is 7.76. The normalized spacial score (nSPS) is 18.7. The van der Waals surface area contributed by atoms with Gasteiger partial charge in [-0.05, 0) is 43.3 Å². The Kier molecular flexibility index (Phi) is 4.43. The van der Waals surface area contributed by atoms with Gasteiger partial charge in [0.05, 0.1) is 11.8 Å². The second-order valence-electron chi connectivity index (χ2n) is 5.98. The molecule has 1 N–H and O–H groups in total. The summed E-state index contributed by atoms with van der Waals surface area (Å²) in [6.45, 7) is 2.79. The highest BCUT2D eigenvalue weighted by molar-refractivity contribution is 7.15. The number of likely N-dealkylation sites (tertiary alicyclic amines) is 1. The summed E-state index contributed by atoms with van der Waals surface area (Å²) in [6, 6.07) is 4.03. The first kappa shape index (κ1) is 15.6. The van der Waals surface area contributed by atoms with E-state index >= 15 is 0 Å². The van der Waals surface area contributed by atoms with Crippen molar-refractivity contribution in [1.82, 2.24) is 14.3 Å². The Morgan fingerprint density at radius 1 is 1.30 bits per heavy atom. The molecule has 4 nitrogen and oxygen atoms in total. The van der Waals surface area contributed by atoms with Crippen LogP contribution in [0, 0.1) is 5.92 Å². The molecular weight excluding hydrogens is 350 g/mol. The number of hydrogen-bond donors (Lipinski definition) is 1. The van der Waals surface area contributed by atoms with Gasteiger partial charge >= 0.3 is 0 Å². The van der Waals surface area contributed by atoms with Crippen LogP contribution in [0.3, 0.4) is 0 Å². The summed E-state index contributed by atoms with van der Waals surface area (Å²) in [5.74, 6) is 0.354. The number of halogens is 1. The molecule has 0 saturated carbocycles. The van der Waals surface area contributed by atoms with Crippen molar-refractivity contribution in [3.8, 4) is 0 Å². The predicted molar refractivity (Wildman–Crippen MR) is 95.4 cm³/mol. The number of aromatic nitrogens is 2. The third-order valence-electron chi connectivity index (χ3n) is 4.60. The molecule has 0 amide bonds. The first-order chi connectivity index (χ1) is 11.2. The summed E-state index contributed by atoms with van der Waals surface area (Å²) < 4.78 is 2.08. The van der Waals surface area contributed by atoms with E-state index in [1.165, 1.54) is 0 Å². The molecule has 0 aliphatic carbocycles. The molecule has 0 spiro atoms. The Labute approximate surface area is 148 Å². The highest BCUT2D eigenvalue weighted by atomic mass is 35.5. The van der Waals surface area contributed by atoms with Gasteiger partial charge in [-0.3, -0.25) is 9.30 Å². The van der Waals surface area contributed by atoms with Gasteiger partial charge in [0.1, 0.15) is 0 Å². The number of rotatable bonds is 4. The van der Waals surface area contributed by atoms with Gasteiger partial charge < -0.3 is 5.11 Å². The molecule has 0 bridgehead atoms. The van der Waals surface area contributed by atoms with E-state index in [9.17, 15) is 5.11 Å². The van der Waals surface area contributed by atoms with E-state index in [0.29, 0.717) is 11.1 Å². The molecule has 1 aliphatic rings. The van der Waals surface area contributed by atoms with Gasteiger partial charge in [0.2, 0.25) is 0 Å². The Balaban J connectivity index is 1.40. The van der Waals surface area contributed by atoms with E-state index in [1.807, 2.05) is 29.1 Å². The maximum atomic E-state index is 10.5. The molecule has 1 aliphatic heterocycles. The van der Waals surface area contributed by atoms with Crippen molar-refractivity contribution in [3.05, 3.63) is 44.8 Å². The quantitative estimate of drug-likeness (QED) is 0.756. The SMILES string of the molecule is O[C@@H](c1cccs1)C1CCN(Cc2c(Cl)nc3sccn23)CC1. The standard InChI is InChI=1S/C16H18ClN3OS2/c17-15-12(20-7-9-23-16(20)18-15)10-19-5-3-11(4-6-19)14(21)13-2-1-8-22-13/h1-2,7-9,11,14,21H,3-6,10H2/t14-/m1/s1. The molecule has 4 heterocycles. The fourth-order valence-electron chi connectivity index (χ4n) is 3.28. The predicted octanol–water partition coefficient (Wildman–Crippen LogP) is 4.06. The molecule has 1 atom stereocenters. The molecule has 1 saturated heterocycles. The number of fused-ring (bicyclic) bond motifs is 1. The largest absolute Gasteiger partial charge is 0.387 e. The van der Waals surface area contributed by atoms with Crippen molar-refractivity contribution >= 4 is 39.2 Å². The molecule has 3 aromatic heterocycles. The summed E-state index contributed by atoms with van der Waals surface area (Å²) in [6.07, 6.45) is 3.74. The number of thiophene rings is 1. The lowest BCUT2D eigenvalue weighted by atomic mass is 9.90. The third kappa shape index (κ3) is 3.06. The van der Waals surface area contributed by atoms with Gasteiger partial charge in [0.25, 0.3) is 0 Å². The molecule has 122 valence electrons. The number of nitrogens with zero attached hydrogens (tertiary/aromatic N) is 3. The number of aliphatic hydroxyl groups excluding tert-OH is 1. The summed E-state index contributed by atoms with van der Waals surface area (Å²) >= 11 is 9.53. The minimum atomic E-state index is -0.320. The second kappa shape index (κ2) is 6.53. The van der Waals surface area contributed by atoms with Crippen molar-refractivity contribution in [2.24, 2.45) is 5.92 Å². The Hall–Kier alpha value is -0.920. The average Bonchev–Trinajstić information content (AvgIpc) is 3.28. The minimum Gasteiger partial charge on any atom is -0.387 e. The zero-order chi connectivity index (χ0) is 15.8. The molecule has 7 heteroatoms. The van der Waals surface area contributed by atoms with Gasteiger partial charge in [-0.15, -0.1) is 22.7 Å². The first-order valence-corrected chi connectivity index (χ1v) is 9.90. The summed E-state index contributed by atoms with van der Waals surface area (Å²) in [5.41, 5.74) is 1.07. The lowest BCUT2D eigenvalue weighted by Gasteiger charge is -2.33. The van der Waals surface area contributed by atoms with Crippen LogP contribution >= 0.6 is 34.3 Å². The van der Waals surface area contributed by atoms with Crippen LogP contribution in [0.1, 0.15) is 29.5 Å². The number of piperidine rings is 1. The molecular formula is C16H18ClN3OS2. The molecule has 0 aromatic carbocycles. The Morgan fingerprint density at radius 2 is 2.13 bits per heavy atom. The van der Waals surface area contributed by atoms with Crippen molar-refractivity contribution in [2.75, 3.05) is 13.1 Å². The molecule has 1 fully saturated rings. The van der Waals surface area contributed by atoms with Gasteiger partial charge in [0.15, 0.2) is 10.1 Å². The smallest absolute Gasteiger partial charge is 0.195 e. The van der Waals surface area contributed by atoms with Crippen LogP contribution in [-0.2, 0) is 6.54 Å². The number of aliphatic hydroxyl groups is 1. The summed E-state index contributed by atoms with van der Waals surface area (Å²) in [5, 5.41) is 15.2. The molecule has 23 heavy (non-hydrogen) atoms. The Bertz CT molecular complexity index is 775. The van der Waals surface area contributed by atoms with Crippen molar-refractivity contribution in [3.63, 3.8) is 0 Å². The van der Waals surface area contributed by atoms with Gasteiger partial charge in [-0.2, -0.15) is 0 Å². The zero-order valence-electron chi connectivity index (χ0n) is 12.6. The van der Waals surface area contributed by atoms with Gasteiger partial charge in [-0.1, -0.05) is 17.7 Å². The van der Waals surface area contributed by atoms with Crippen LogP contribution in [0.4, 0.5) is 0 Å². The van der Waals surface area contributed by atoms with Crippen LogP contribution < -0.4 is 0 Å². The van der Waals surface area contributed by atoms with Crippen molar-refractivity contribution in [2.45, 2.75) is 25.5 Å². The van der Waals surface area contributed by atoms with Crippen LogP contribution in [0.15, 0.2) is 29.1 Å². The van der Waals surface area contributed by atoms with E-state index in [0.717, 1.165) is 48.0 Å². The van der Waals surface area contributed by atoms with Crippen LogP contribution in [0.25, 0.3) is 4.96 Å². The molecule has 3 aromatic rings.